The molecule has 4 nitrogen and oxygen atoms in total. The quantitative estimate of drug-likeness (QED) is 0.241. The Morgan fingerprint density at radius 3 is 3.00 bits per heavy atom. The lowest BCUT2D eigenvalue weighted by atomic mass is 10.2. The van der Waals surface area contributed by atoms with Crippen molar-refractivity contribution in [3.05, 3.63) is 22.6 Å². The normalized spacial score (nSPS) is 32.1. The molecule has 0 amide bonds. The van der Waals surface area contributed by atoms with Crippen molar-refractivity contribution in [3.63, 3.8) is 0 Å². The van der Waals surface area contributed by atoms with Crippen molar-refractivity contribution in [2.24, 2.45) is 5.11 Å². The summed E-state index contributed by atoms with van der Waals surface area (Å²) in [6, 6.07) is -0.338. The predicted octanol–water partition coefficient (Wildman–Crippen LogP) is 0.986. The minimum atomic E-state index is -0.499. The minimum absolute atomic E-state index is 0.338. The van der Waals surface area contributed by atoms with E-state index in [1.54, 1.807) is 6.08 Å². The van der Waals surface area contributed by atoms with Gasteiger partial charge in [0.25, 0.3) is 0 Å². The number of nitrogens with zero attached hydrogens (tertiary/aromatic N) is 3. The van der Waals surface area contributed by atoms with Gasteiger partial charge in [0.15, 0.2) is 0 Å². The molecule has 4 heteroatoms. The molecule has 9 heavy (non-hydrogen) atoms. The molecule has 1 rings (SSSR count). The van der Waals surface area contributed by atoms with E-state index < -0.39 is 6.10 Å². The third kappa shape index (κ3) is 1.22. The van der Waals surface area contributed by atoms with E-state index in [1.165, 1.54) is 0 Å². The number of azide groups is 1. The van der Waals surface area contributed by atoms with E-state index in [1.807, 2.05) is 6.08 Å². The van der Waals surface area contributed by atoms with Gasteiger partial charge in [-0.3, -0.25) is 0 Å². The molecule has 48 valence electrons. The number of rotatable bonds is 1. The first-order valence-electron chi connectivity index (χ1n) is 2.73. The van der Waals surface area contributed by atoms with Crippen LogP contribution in [0.15, 0.2) is 17.3 Å². The van der Waals surface area contributed by atoms with Gasteiger partial charge in [-0.15, -0.1) is 0 Å². The molecule has 2 atom stereocenters. The smallest absolute Gasteiger partial charge is 0.0817 e. The molecule has 1 N–H and O–H groups in total. The largest absolute Gasteiger partial charge is 0.392 e. The van der Waals surface area contributed by atoms with Crippen molar-refractivity contribution in [1.29, 1.82) is 0 Å². The lowest BCUT2D eigenvalue weighted by Gasteiger charge is -2.04. The molecule has 0 radical (unpaired) electrons. The first-order chi connectivity index (χ1) is 4.34. The van der Waals surface area contributed by atoms with Crippen molar-refractivity contribution in [1.82, 2.24) is 0 Å². The van der Waals surface area contributed by atoms with E-state index in [2.05, 4.69) is 10.0 Å². The summed E-state index contributed by atoms with van der Waals surface area (Å²) in [6.07, 6.45) is 3.62. The highest BCUT2D eigenvalue weighted by Gasteiger charge is 2.17. The molecule has 0 spiro atoms. The number of aliphatic hydroxyl groups excluding tert-OH is 1. The summed E-state index contributed by atoms with van der Waals surface area (Å²) in [7, 11) is 0. The van der Waals surface area contributed by atoms with E-state index in [0.29, 0.717) is 6.42 Å². The fraction of sp³-hybridized carbons (Fsp3) is 0.600. The van der Waals surface area contributed by atoms with Crippen molar-refractivity contribution in [3.8, 4) is 0 Å². The molecule has 2 unspecified atom stereocenters. The summed E-state index contributed by atoms with van der Waals surface area (Å²) < 4.78 is 0. The third-order valence-corrected chi connectivity index (χ3v) is 1.29. The summed E-state index contributed by atoms with van der Waals surface area (Å²) in [5.74, 6) is 0. The molecular weight excluding hydrogens is 118 g/mol. The summed E-state index contributed by atoms with van der Waals surface area (Å²) in [5, 5.41) is 12.3. The Labute approximate surface area is 52.4 Å². The highest BCUT2D eigenvalue weighted by atomic mass is 16.3. The average molecular weight is 125 g/mol. The Balaban J connectivity index is 2.59. The zero-order valence-corrected chi connectivity index (χ0v) is 4.81. The Kier molecular flexibility index (Phi) is 1.72. The van der Waals surface area contributed by atoms with Crippen LogP contribution in [0.2, 0.25) is 0 Å². The van der Waals surface area contributed by atoms with E-state index in [9.17, 15) is 0 Å². The number of hydrogen-bond donors (Lipinski definition) is 1. The van der Waals surface area contributed by atoms with Crippen molar-refractivity contribution < 1.29 is 5.11 Å². The molecule has 0 fully saturated rings. The first-order valence-corrected chi connectivity index (χ1v) is 2.73. The SMILES string of the molecule is [N-]=[N+]=NC1C=CCC1O. The first kappa shape index (κ1) is 6.13. The van der Waals surface area contributed by atoms with Gasteiger partial charge in [-0.1, -0.05) is 17.3 Å². The standard InChI is InChI=1S/C5H7N3O/c6-8-7-4-2-1-3-5(4)9/h1-2,4-5,9H,3H2. The Bertz CT molecular complexity index is 171. The number of aliphatic hydroxyl groups is 1. The van der Waals surface area contributed by atoms with Gasteiger partial charge < -0.3 is 5.11 Å². The van der Waals surface area contributed by atoms with E-state index in [4.69, 9.17) is 10.6 Å². The van der Waals surface area contributed by atoms with Crippen LogP contribution in [0.5, 0.6) is 0 Å². The van der Waals surface area contributed by atoms with Crippen LogP contribution >= 0.6 is 0 Å². The zero-order valence-electron chi connectivity index (χ0n) is 4.81. The van der Waals surface area contributed by atoms with Crippen LogP contribution in [0, 0.1) is 0 Å². The predicted molar refractivity (Wildman–Crippen MR) is 32.7 cm³/mol. The second-order valence-electron chi connectivity index (χ2n) is 1.93. The second kappa shape index (κ2) is 2.53. The van der Waals surface area contributed by atoms with Gasteiger partial charge in [0.05, 0.1) is 12.1 Å². The van der Waals surface area contributed by atoms with Crippen molar-refractivity contribution in [2.45, 2.75) is 18.6 Å². The maximum Gasteiger partial charge on any atom is 0.0817 e. The van der Waals surface area contributed by atoms with E-state index in [0.717, 1.165) is 0 Å². The zero-order chi connectivity index (χ0) is 6.69. The van der Waals surface area contributed by atoms with Gasteiger partial charge in [-0.05, 0) is 12.0 Å². The summed E-state index contributed by atoms with van der Waals surface area (Å²) >= 11 is 0. The fourth-order valence-corrected chi connectivity index (χ4v) is 0.800. The van der Waals surface area contributed by atoms with Crippen molar-refractivity contribution in [2.75, 3.05) is 0 Å². The second-order valence-corrected chi connectivity index (χ2v) is 1.93. The van der Waals surface area contributed by atoms with E-state index >= 15 is 0 Å². The Morgan fingerprint density at radius 2 is 2.56 bits per heavy atom. The van der Waals surface area contributed by atoms with Crippen molar-refractivity contribution >= 4 is 0 Å². The molecule has 0 aromatic heterocycles. The molecule has 0 bridgehead atoms. The van der Waals surface area contributed by atoms with Crippen LogP contribution in [0.25, 0.3) is 10.4 Å². The molecule has 0 aromatic rings. The fourth-order valence-electron chi connectivity index (χ4n) is 0.800. The molecule has 0 heterocycles. The van der Waals surface area contributed by atoms with Gasteiger partial charge in [0.2, 0.25) is 0 Å². The molecule has 0 aromatic carbocycles. The van der Waals surface area contributed by atoms with Gasteiger partial charge in [-0.25, -0.2) is 0 Å². The maximum absolute atomic E-state index is 8.99. The summed E-state index contributed by atoms with van der Waals surface area (Å²) in [4.78, 5) is 2.58. The maximum atomic E-state index is 8.99. The lowest BCUT2D eigenvalue weighted by molar-refractivity contribution is 0.173. The van der Waals surface area contributed by atoms with Crippen LogP contribution in [0.4, 0.5) is 0 Å². The van der Waals surface area contributed by atoms with Crippen LogP contribution in [0.3, 0.4) is 0 Å². The minimum Gasteiger partial charge on any atom is -0.392 e. The highest BCUT2D eigenvalue weighted by Crippen LogP contribution is 2.13. The topological polar surface area (TPSA) is 69.0 Å². The van der Waals surface area contributed by atoms with Crippen LogP contribution in [0.1, 0.15) is 6.42 Å². The summed E-state index contributed by atoms with van der Waals surface area (Å²) in [5.41, 5.74) is 7.96. The Morgan fingerprint density at radius 1 is 1.78 bits per heavy atom. The highest BCUT2D eigenvalue weighted by molar-refractivity contribution is 5.06. The molecule has 0 aliphatic heterocycles. The Hall–Kier alpha value is -0.990. The van der Waals surface area contributed by atoms with Gasteiger partial charge in [0, 0.05) is 4.91 Å². The molecule has 1 aliphatic rings. The molecule has 0 saturated heterocycles. The summed E-state index contributed by atoms with van der Waals surface area (Å²) in [6.45, 7) is 0. The van der Waals surface area contributed by atoms with E-state index in [-0.39, 0.29) is 6.04 Å². The lowest BCUT2D eigenvalue weighted by Crippen LogP contribution is -2.15. The molecule has 0 saturated carbocycles. The van der Waals surface area contributed by atoms with Gasteiger partial charge in [-0.2, -0.15) is 0 Å². The van der Waals surface area contributed by atoms with Crippen LogP contribution in [-0.4, -0.2) is 17.3 Å². The van der Waals surface area contributed by atoms with Gasteiger partial charge in [0.1, 0.15) is 0 Å². The monoisotopic (exact) mass is 125 g/mol. The third-order valence-electron chi connectivity index (χ3n) is 1.29. The molecular formula is C5H7N3O. The van der Waals surface area contributed by atoms with Crippen LogP contribution < -0.4 is 0 Å². The van der Waals surface area contributed by atoms with Gasteiger partial charge >= 0.3 is 0 Å². The molecule has 1 aliphatic carbocycles. The van der Waals surface area contributed by atoms with Crippen LogP contribution in [-0.2, 0) is 0 Å². The average Bonchev–Trinajstić information content (AvgIpc) is 2.18. The number of hydrogen-bond acceptors (Lipinski definition) is 2.